The van der Waals surface area contributed by atoms with Crippen LogP contribution >= 0.6 is 0 Å². The van der Waals surface area contributed by atoms with Crippen LogP contribution in [0.5, 0.6) is 0 Å². The molecule has 0 aromatic carbocycles. The predicted octanol–water partition coefficient (Wildman–Crippen LogP) is 1.30. The average molecular weight is 166 g/mol. The fraction of sp³-hybridized carbons (Fsp3) is 0.375. The molecule has 1 aromatic heterocycles. The molecule has 4 nitrogen and oxygen atoms in total. The highest BCUT2D eigenvalue weighted by atomic mass is 16.4. The maximum Gasteiger partial charge on any atom is 0.354 e. The molecule has 0 aliphatic rings. The van der Waals surface area contributed by atoms with Gasteiger partial charge in [0.2, 0.25) is 0 Å². The lowest BCUT2D eigenvalue weighted by Crippen LogP contribution is -2.03. The molecule has 0 fully saturated rings. The van der Waals surface area contributed by atoms with E-state index in [1.54, 1.807) is 0 Å². The first-order valence-corrected chi connectivity index (χ1v) is 3.66. The number of aromatic nitrogens is 2. The Kier molecular flexibility index (Phi) is 2.38. The monoisotopic (exact) mass is 166 g/mol. The van der Waals surface area contributed by atoms with Crippen molar-refractivity contribution in [3.63, 3.8) is 0 Å². The molecule has 1 N–H and O–H groups in total. The largest absolute Gasteiger partial charge is 0.477 e. The van der Waals surface area contributed by atoms with Crippen LogP contribution in [0.15, 0.2) is 12.4 Å². The van der Waals surface area contributed by atoms with Crippen molar-refractivity contribution in [1.82, 2.24) is 9.97 Å². The van der Waals surface area contributed by atoms with Crippen LogP contribution in [0.2, 0.25) is 0 Å². The molecule has 0 spiro atoms. The molecule has 4 heteroatoms. The van der Waals surface area contributed by atoms with E-state index < -0.39 is 5.97 Å². The maximum absolute atomic E-state index is 10.5. The number of rotatable bonds is 2. The molecule has 1 rings (SSSR count). The Morgan fingerprint density at radius 1 is 1.50 bits per heavy atom. The van der Waals surface area contributed by atoms with Gasteiger partial charge < -0.3 is 5.11 Å². The number of nitrogens with zero attached hydrogens (tertiary/aromatic N) is 2. The van der Waals surface area contributed by atoms with Gasteiger partial charge >= 0.3 is 5.97 Å². The number of hydrogen-bond acceptors (Lipinski definition) is 3. The molecular weight excluding hydrogens is 156 g/mol. The van der Waals surface area contributed by atoms with Crippen LogP contribution in [0.25, 0.3) is 0 Å². The van der Waals surface area contributed by atoms with Crippen LogP contribution in [0.1, 0.15) is 35.9 Å². The van der Waals surface area contributed by atoms with Crippen molar-refractivity contribution in [3.8, 4) is 0 Å². The highest BCUT2D eigenvalue weighted by Crippen LogP contribution is 2.10. The summed E-state index contributed by atoms with van der Waals surface area (Å²) >= 11 is 0. The number of aromatic carboxylic acids is 1. The second kappa shape index (κ2) is 3.30. The zero-order valence-electron chi connectivity index (χ0n) is 6.98. The average Bonchev–Trinajstić information content (AvgIpc) is 2.04. The summed E-state index contributed by atoms with van der Waals surface area (Å²) in [6.07, 6.45) is 1.28. The third-order valence-corrected chi connectivity index (χ3v) is 1.50. The van der Waals surface area contributed by atoms with Crippen LogP contribution < -0.4 is 0 Å². The lowest BCUT2D eigenvalue weighted by molar-refractivity contribution is 0.0690. The summed E-state index contributed by atoms with van der Waals surface area (Å²) in [6, 6.07) is 1.49. The highest BCUT2D eigenvalue weighted by molar-refractivity contribution is 5.85. The van der Waals surface area contributed by atoms with Crippen molar-refractivity contribution in [1.29, 1.82) is 0 Å². The van der Waals surface area contributed by atoms with Crippen LogP contribution in [0.3, 0.4) is 0 Å². The Morgan fingerprint density at radius 2 is 2.17 bits per heavy atom. The van der Waals surface area contributed by atoms with Crippen LogP contribution in [0, 0.1) is 0 Å². The summed E-state index contributed by atoms with van der Waals surface area (Å²) in [5.41, 5.74) is 0.802. The molecule has 12 heavy (non-hydrogen) atoms. The summed E-state index contributed by atoms with van der Waals surface area (Å²) in [4.78, 5) is 18.0. The van der Waals surface area contributed by atoms with Gasteiger partial charge in [-0.25, -0.2) is 14.8 Å². The van der Waals surface area contributed by atoms with Crippen molar-refractivity contribution in [2.45, 2.75) is 19.8 Å². The van der Waals surface area contributed by atoms with Gasteiger partial charge in [-0.05, 0) is 12.0 Å². The van der Waals surface area contributed by atoms with E-state index in [1.807, 2.05) is 13.8 Å². The lowest BCUT2D eigenvalue weighted by Gasteiger charge is -2.02. The lowest BCUT2D eigenvalue weighted by atomic mass is 10.1. The first-order valence-electron chi connectivity index (χ1n) is 3.66. The molecule has 0 bridgehead atoms. The first-order chi connectivity index (χ1) is 5.61. The van der Waals surface area contributed by atoms with Gasteiger partial charge in [0.05, 0.1) is 0 Å². The van der Waals surface area contributed by atoms with Crippen LogP contribution in [0.4, 0.5) is 0 Å². The molecule has 0 radical (unpaired) electrons. The van der Waals surface area contributed by atoms with E-state index in [0.29, 0.717) is 0 Å². The summed E-state index contributed by atoms with van der Waals surface area (Å²) in [5, 5.41) is 8.60. The smallest absolute Gasteiger partial charge is 0.354 e. The third-order valence-electron chi connectivity index (χ3n) is 1.50. The van der Waals surface area contributed by atoms with E-state index in [1.165, 1.54) is 12.4 Å². The molecule has 1 heterocycles. The molecule has 0 saturated carbocycles. The predicted molar refractivity (Wildman–Crippen MR) is 43.1 cm³/mol. The Balaban J connectivity index is 3.04. The minimum Gasteiger partial charge on any atom is -0.477 e. The van der Waals surface area contributed by atoms with E-state index in [0.717, 1.165) is 5.69 Å². The molecule has 64 valence electrons. The standard InChI is InChI=1S/C8H10N2O2/c1-5(2)6-3-7(8(11)12)10-4-9-6/h3-5H,1-2H3,(H,11,12). The molecule has 0 aliphatic carbocycles. The fourth-order valence-electron chi connectivity index (χ4n) is 0.805. The quantitative estimate of drug-likeness (QED) is 0.719. The normalized spacial score (nSPS) is 10.2. The molecule has 0 amide bonds. The van der Waals surface area contributed by atoms with Gasteiger partial charge in [-0.15, -0.1) is 0 Å². The Morgan fingerprint density at radius 3 is 2.67 bits per heavy atom. The summed E-state index contributed by atoms with van der Waals surface area (Å²) in [7, 11) is 0. The number of carboxylic acids is 1. The Labute approximate surface area is 70.3 Å². The van der Waals surface area contributed by atoms with E-state index in [9.17, 15) is 4.79 Å². The van der Waals surface area contributed by atoms with E-state index in [4.69, 9.17) is 5.11 Å². The minimum atomic E-state index is -1.01. The SMILES string of the molecule is CC(C)c1cc(C(=O)O)ncn1. The van der Waals surface area contributed by atoms with Gasteiger partial charge in [0.25, 0.3) is 0 Å². The molecule has 0 unspecified atom stereocenters. The summed E-state index contributed by atoms with van der Waals surface area (Å²) in [6.45, 7) is 3.90. The van der Waals surface area contributed by atoms with Crippen molar-refractivity contribution in [2.75, 3.05) is 0 Å². The second-order valence-electron chi connectivity index (χ2n) is 2.79. The zero-order chi connectivity index (χ0) is 9.14. The van der Waals surface area contributed by atoms with Crippen molar-refractivity contribution < 1.29 is 9.90 Å². The highest BCUT2D eigenvalue weighted by Gasteiger charge is 2.07. The van der Waals surface area contributed by atoms with Crippen molar-refractivity contribution >= 4 is 5.97 Å². The van der Waals surface area contributed by atoms with Gasteiger partial charge in [0.15, 0.2) is 5.69 Å². The maximum atomic E-state index is 10.5. The van der Waals surface area contributed by atoms with Gasteiger partial charge in [-0.2, -0.15) is 0 Å². The molecule has 0 saturated heterocycles. The topological polar surface area (TPSA) is 63.1 Å². The summed E-state index contributed by atoms with van der Waals surface area (Å²) < 4.78 is 0. The Hall–Kier alpha value is -1.45. The van der Waals surface area contributed by atoms with E-state index in [-0.39, 0.29) is 11.6 Å². The van der Waals surface area contributed by atoms with Gasteiger partial charge in [0.1, 0.15) is 6.33 Å². The fourth-order valence-corrected chi connectivity index (χ4v) is 0.805. The molecule has 0 aliphatic heterocycles. The van der Waals surface area contributed by atoms with Gasteiger partial charge in [-0.1, -0.05) is 13.8 Å². The van der Waals surface area contributed by atoms with Gasteiger partial charge in [-0.3, -0.25) is 0 Å². The number of carbonyl (C=O) groups is 1. The van der Waals surface area contributed by atoms with Gasteiger partial charge in [0, 0.05) is 5.69 Å². The second-order valence-corrected chi connectivity index (χ2v) is 2.79. The molecule has 0 atom stereocenters. The number of hydrogen-bond donors (Lipinski definition) is 1. The number of carboxylic acid groups (broad SMARTS) is 1. The van der Waals surface area contributed by atoms with Crippen LogP contribution in [-0.4, -0.2) is 21.0 Å². The molecule has 1 aromatic rings. The van der Waals surface area contributed by atoms with E-state index >= 15 is 0 Å². The first kappa shape index (κ1) is 8.64. The Bertz CT molecular complexity index is 297. The zero-order valence-corrected chi connectivity index (χ0v) is 6.98. The van der Waals surface area contributed by atoms with Crippen molar-refractivity contribution in [2.24, 2.45) is 0 Å². The van der Waals surface area contributed by atoms with Crippen molar-refractivity contribution in [3.05, 3.63) is 23.8 Å². The summed E-state index contributed by atoms with van der Waals surface area (Å²) in [5.74, 6) is -0.787. The minimum absolute atomic E-state index is 0.0497. The third kappa shape index (κ3) is 1.78. The van der Waals surface area contributed by atoms with Crippen LogP contribution in [-0.2, 0) is 0 Å². The van der Waals surface area contributed by atoms with E-state index in [2.05, 4.69) is 9.97 Å². The molecular formula is C8H10N2O2.